The topological polar surface area (TPSA) is 66.5 Å². The minimum Gasteiger partial charge on any atom is -0.312 e. The zero-order valence-corrected chi connectivity index (χ0v) is 17.0. The van der Waals surface area contributed by atoms with Crippen molar-refractivity contribution in [2.75, 3.05) is 16.2 Å². The second kappa shape index (κ2) is 7.90. The fraction of sp³-hybridized carbons (Fsp3) is 0.350. The molecule has 1 aliphatic heterocycles. The van der Waals surface area contributed by atoms with Crippen molar-refractivity contribution in [3.63, 3.8) is 0 Å². The van der Waals surface area contributed by atoms with E-state index in [0.717, 1.165) is 24.1 Å². The molecule has 1 amide bonds. The normalized spacial score (nSPS) is 14.1. The van der Waals surface area contributed by atoms with Gasteiger partial charge in [-0.05, 0) is 42.2 Å². The van der Waals surface area contributed by atoms with Gasteiger partial charge in [-0.2, -0.15) is 0 Å². The average Bonchev–Trinajstić information content (AvgIpc) is 2.62. The van der Waals surface area contributed by atoms with Crippen LogP contribution in [0.1, 0.15) is 31.4 Å². The van der Waals surface area contributed by atoms with Crippen LogP contribution in [0.4, 0.5) is 11.4 Å². The van der Waals surface area contributed by atoms with Gasteiger partial charge in [0.25, 0.3) is 0 Å². The molecule has 144 valence electrons. The predicted molar refractivity (Wildman–Crippen MR) is 110 cm³/mol. The number of aryl methyl sites for hydroxylation is 1. The van der Waals surface area contributed by atoms with Gasteiger partial charge in [0.15, 0.2) is 0 Å². The molecule has 0 atom stereocenters. The average molecular weight is 407 g/mol. The summed E-state index contributed by atoms with van der Waals surface area (Å²) in [5, 5.41) is 0.419. The van der Waals surface area contributed by atoms with Gasteiger partial charge in [0.2, 0.25) is 15.9 Å². The van der Waals surface area contributed by atoms with Crippen molar-refractivity contribution in [2.45, 2.75) is 32.4 Å². The second-order valence-corrected chi connectivity index (χ2v) is 9.17. The van der Waals surface area contributed by atoms with E-state index >= 15 is 0 Å². The highest BCUT2D eigenvalue weighted by Crippen LogP contribution is 2.31. The summed E-state index contributed by atoms with van der Waals surface area (Å²) in [5.41, 5.74) is 2.84. The highest BCUT2D eigenvalue weighted by molar-refractivity contribution is 7.91. The molecule has 27 heavy (non-hydrogen) atoms. The molecule has 0 bridgehead atoms. The van der Waals surface area contributed by atoms with Crippen LogP contribution in [0.25, 0.3) is 0 Å². The Hall–Kier alpha value is -2.05. The Morgan fingerprint density at radius 3 is 2.67 bits per heavy atom. The van der Waals surface area contributed by atoms with Gasteiger partial charge in [-0.1, -0.05) is 49.7 Å². The number of fused-ring (bicyclic) bond motifs is 1. The monoisotopic (exact) mass is 406 g/mol. The summed E-state index contributed by atoms with van der Waals surface area (Å²) in [6.07, 6.45) is 1.78. The first-order valence-corrected chi connectivity index (χ1v) is 11.0. The number of carbonyl (C=O) groups excluding carboxylic acids is 1. The van der Waals surface area contributed by atoms with E-state index in [4.69, 9.17) is 11.6 Å². The minimum absolute atomic E-state index is 0.0482. The predicted octanol–water partition coefficient (Wildman–Crippen LogP) is 4.22. The van der Waals surface area contributed by atoms with E-state index < -0.39 is 10.0 Å². The number of benzene rings is 2. The number of hydrogen-bond acceptors (Lipinski definition) is 3. The third kappa shape index (κ3) is 4.62. The molecule has 0 radical (unpaired) electrons. The van der Waals surface area contributed by atoms with Gasteiger partial charge in [0.05, 0.1) is 11.4 Å². The van der Waals surface area contributed by atoms with Crippen LogP contribution < -0.4 is 9.62 Å². The maximum Gasteiger partial charge on any atom is 0.236 e. The lowest BCUT2D eigenvalue weighted by atomic mass is 9.99. The number of nitrogens with zero attached hydrogens (tertiary/aromatic N) is 1. The number of anilines is 2. The molecular weight excluding hydrogens is 384 g/mol. The number of halogens is 1. The molecule has 5 nitrogen and oxygen atoms in total. The molecule has 0 unspecified atom stereocenters. The van der Waals surface area contributed by atoms with Gasteiger partial charge in [-0.15, -0.1) is 0 Å². The summed E-state index contributed by atoms with van der Waals surface area (Å²) in [6.45, 7) is 4.39. The van der Waals surface area contributed by atoms with E-state index in [1.165, 1.54) is 0 Å². The SMILES string of the molecule is CC(C)C(=O)N1CCCc2ccc(NS(=O)(=O)Cc3ccccc3Cl)cc21. The molecule has 7 heteroatoms. The van der Waals surface area contributed by atoms with Gasteiger partial charge < -0.3 is 4.90 Å². The van der Waals surface area contributed by atoms with Crippen LogP contribution in [0, 0.1) is 5.92 Å². The molecule has 0 aliphatic carbocycles. The van der Waals surface area contributed by atoms with Crippen molar-refractivity contribution in [1.82, 2.24) is 0 Å². The molecule has 1 heterocycles. The van der Waals surface area contributed by atoms with Gasteiger partial charge >= 0.3 is 0 Å². The zero-order valence-electron chi connectivity index (χ0n) is 15.4. The summed E-state index contributed by atoms with van der Waals surface area (Å²) >= 11 is 6.08. The molecule has 3 rings (SSSR count). The van der Waals surface area contributed by atoms with Crippen molar-refractivity contribution < 1.29 is 13.2 Å². The standard InChI is InChI=1S/C20H23ClN2O3S/c1-14(2)20(24)23-11-5-7-15-9-10-17(12-19(15)23)22-27(25,26)13-16-6-3-4-8-18(16)21/h3-4,6,8-10,12,14,22H,5,7,11,13H2,1-2H3. The summed E-state index contributed by atoms with van der Waals surface area (Å²) in [5.74, 6) is -0.276. The molecule has 0 fully saturated rings. The van der Waals surface area contributed by atoms with E-state index in [2.05, 4.69) is 4.72 Å². The molecule has 1 N–H and O–H groups in total. The molecule has 1 aliphatic rings. The Morgan fingerprint density at radius 1 is 1.22 bits per heavy atom. The van der Waals surface area contributed by atoms with Gasteiger partial charge in [-0.25, -0.2) is 8.42 Å². The second-order valence-electron chi connectivity index (χ2n) is 7.04. The Labute approximate surface area is 165 Å². The maximum atomic E-state index is 12.6. The Morgan fingerprint density at radius 2 is 1.96 bits per heavy atom. The highest BCUT2D eigenvalue weighted by Gasteiger charge is 2.25. The van der Waals surface area contributed by atoms with Gasteiger partial charge in [-0.3, -0.25) is 9.52 Å². The Bertz CT molecular complexity index is 957. The molecular formula is C20H23ClN2O3S. The Balaban J connectivity index is 1.85. The molecule has 2 aromatic carbocycles. The summed E-state index contributed by atoms with van der Waals surface area (Å²) in [4.78, 5) is 14.3. The van der Waals surface area contributed by atoms with Crippen LogP contribution in [-0.4, -0.2) is 20.9 Å². The van der Waals surface area contributed by atoms with Crippen LogP contribution >= 0.6 is 11.6 Å². The lowest BCUT2D eigenvalue weighted by molar-refractivity contribution is -0.121. The van der Waals surface area contributed by atoms with Gasteiger partial charge in [0.1, 0.15) is 0 Å². The summed E-state index contributed by atoms with van der Waals surface area (Å²) < 4.78 is 27.7. The molecule has 0 saturated carbocycles. The van der Waals surface area contributed by atoms with E-state index in [9.17, 15) is 13.2 Å². The maximum absolute atomic E-state index is 12.6. The summed E-state index contributed by atoms with van der Waals surface area (Å²) in [7, 11) is -3.63. The van der Waals surface area contributed by atoms with E-state index in [-0.39, 0.29) is 17.6 Å². The number of nitrogens with one attached hydrogen (secondary N) is 1. The fourth-order valence-electron chi connectivity index (χ4n) is 3.21. The first-order valence-electron chi connectivity index (χ1n) is 8.95. The van der Waals surface area contributed by atoms with Crippen molar-refractivity contribution in [1.29, 1.82) is 0 Å². The van der Waals surface area contributed by atoms with E-state index in [1.807, 2.05) is 19.9 Å². The quantitative estimate of drug-likeness (QED) is 0.808. The number of carbonyl (C=O) groups is 1. The minimum atomic E-state index is -3.63. The molecule has 0 aromatic heterocycles. The van der Waals surface area contributed by atoms with Crippen LogP contribution in [0.2, 0.25) is 5.02 Å². The molecule has 0 spiro atoms. The van der Waals surface area contributed by atoms with Crippen LogP contribution in [0.3, 0.4) is 0 Å². The lowest BCUT2D eigenvalue weighted by Crippen LogP contribution is -2.38. The third-order valence-corrected chi connectivity index (χ3v) is 6.15. The number of hydrogen-bond donors (Lipinski definition) is 1. The third-order valence-electron chi connectivity index (χ3n) is 4.54. The van der Waals surface area contributed by atoms with Crippen molar-refractivity contribution in [2.24, 2.45) is 5.92 Å². The van der Waals surface area contributed by atoms with Crippen LogP contribution in [0.5, 0.6) is 0 Å². The molecule has 0 saturated heterocycles. The van der Waals surface area contributed by atoms with Crippen LogP contribution in [-0.2, 0) is 27.0 Å². The van der Waals surface area contributed by atoms with Crippen molar-refractivity contribution in [3.8, 4) is 0 Å². The molecule has 2 aromatic rings. The largest absolute Gasteiger partial charge is 0.312 e. The van der Waals surface area contributed by atoms with Crippen molar-refractivity contribution >= 4 is 38.9 Å². The van der Waals surface area contributed by atoms with Crippen LogP contribution in [0.15, 0.2) is 42.5 Å². The lowest BCUT2D eigenvalue weighted by Gasteiger charge is -2.31. The highest BCUT2D eigenvalue weighted by atomic mass is 35.5. The number of amides is 1. The number of rotatable bonds is 5. The first-order chi connectivity index (χ1) is 12.8. The van der Waals surface area contributed by atoms with E-state index in [1.54, 1.807) is 41.3 Å². The van der Waals surface area contributed by atoms with E-state index in [0.29, 0.717) is 22.8 Å². The van der Waals surface area contributed by atoms with Crippen molar-refractivity contribution in [3.05, 3.63) is 58.6 Å². The summed E-state index contributed by atoms with van der Waals surface area (Å²) in [6, 6.07) is 12.3. The van der Waals surface area contributed by atoms with Gasteiger partial charge in [0, 0.05) is 23.2 Å². The first kappa shape index (κ1) is 19.7. The smallest absolute Gasteiger partial charge is 0.236 e. The zero-order chi connectivity index (χ0) is 19.6. The Kier molecular flexibility index (Phi) is 5.77. The number of sulfonamides is 1. The fourth-order valence-corrected chi connectivity index (χ4v) is 4.72.